The summed E-state index contributed by atoms with van der Waals surface area (Å²) >= 11 is 1.40. The maximum absolute atomic E-state index is 12.5. The minimum Gasteiger partial charge on any atom is -0.352 e. The number of nitrogens with one attached hydrogen (secondary N) is 1. The zero-order chi connectivity index (χ0) is 15.4. The lowest BCUT2D eigenvalue weighted by Crippen LogP contribution is -2.37. The van der Waals surface area contributed by atoms with Crippen LogP contribution in [0.5, 0.6) is 0 Å². The molecule has 0 saturated carbocycles. The van der Waals surface area contributed by atoms with Crippen molar-refractivity contribution in [3.05, 3.63) is 21.4 Å². The third kappa shape index (κ3) is 3.84. The van der Waals surface area contributed by atoms with E-state index in [-0.39, 0.29) is 17.9 Å². The molecule has 6 heteroatoms. The van der Waals surface area contributed by atoms with Crippen molar-refractivity contribution < 1.29 is 9.59 Å². The number of hydrogen-bond acceptors (Lipinski definition) is 4. The highest BCUT2D eigenvalue weighted by atomic mass is 32.1. The summed E-state index contributed by atoms with van der Waals surface area (Å²) in [6.07, 6.45) is 0.801. The van der Waals surface area contributed by atoms with Gasteiger partial charge in [-0.15, -0.1) is 11.3 Å². The molecule has 1 aliphatic heterocycles. The molecule has 2 rings (SSSR count). The average Bonchev–Trinajstić information content (AvgIpc) is 3.02. The second kappa shape index (κ2) is 6.74. The Hall–Kier alpha value is -1.84. The minimum absolute atomic E-state index is 0.0109. The number of carbonyl (C=O) groups excluding carboxylic acids is 2. The summed E-state index contributed by atoms with van der Waals surface area (Å²) in [7, 11) is 0. The van der Waals surface area contributed by atoms with E-state index in [4.69, 9.17) is 5.73 Å². The molecule has 1 aromatic heterocycles. The molecule has 1 fully saturated rings. The van der Waals surface area contributed by atoms with Crippen molar-refractivity contribution in [1.82, 2.24) is 10.2 Å². The number of nitrogens with two attached hydrogens (primary N) is 1. The van der Waals surface area contributed by atoms with Crippen molar-refractivity contribution in [3.63, 3.8) is 0 Å². The molecule has 1 atom stereocenters. The number of thiophene rings is 1. The molecule has 0 radical (unpaired) electrons. The molecule has 1 unspecified atom stereocenters. The van der Waals surface area contributed by atoms with Gasteiger partial charge >= 0.3 is 0 Å². The quantitative estimate of drug-likeness (QED) is 0.791. The molecule has 112 valence electrons. The van der Waals surface area contributed by atoms with E-state index < -0.39 is 0 Å². The van der Waals surface area contributed by atoms with E-state index in [9.17, 15) is 9.59 Å². The molecular weight excluding hydrogens is 286 g/mol. The van der Waals surface area contributed by atoms with Crippen LogP contribution < -0.4 is 11.1 Å². The maximum atomic E-state index is 12.5. The standard InChI is InChI=1S/C15H19N3O2S/c1-10-8-14(21-13(10)4-3-6-16)15(20)18-7-5-12(9-18)17-11(2)19/h8,12H,5-7,9,16H2,1-2H3,(H,17,19). The highest BCUT2D eigenvalue weighted by molar-refractivity contribution is 7.14. The SMILES string of the molecule is CC(=O)NC1CCN(C(=O)c2cc(C)c(C#CCN)s2)C1. The predicted molar refractivity (Wildman–Crippen MR) is 83.1 cm³/mol. The van der Waals surface area contributed by atoms with Crippen molar-refractivity contribution in [2.24, 2.45) is 5.73 Å². The zero-order valence-electron chi connectivity index (χ0n) is 12.2. The first-order valence-corrected chi connectivity index (χ1v) is 7.68. The van der Waals surface area contributed by atoms with Crippen molar-refractivity contribution in [1.29, 1.82) is 0 Å². The van der Waals surface area contributed by atoms with Gasteiger partial charge in [-0.25, -0.2) is 0 Å². The van der Waals surface area contributed by atoms with Crippen LogP contribution in [0.25, 0.3) is 0 Å². The lowest BCUT2D eigenvalue weighted by atomic mass is 10.2. The first-order valence-electron chi connectivity index (χ1n) is 6.87. The molecule has 3 N–H and O–H groups in total. The van der Waals surface area contributed by atoms with Crippen LogP contribution in [0.2, 0.25) is 0 Å². The maximum Gasteiger partial charge on any atom is 0.264 e. The molecule has 1 aromatic rings. The number of rotatable bonds is 2. The van der Waals surface area contributed by atoms with Crippen LogP contribution in [0.15, 0.2) is 6.07 Å². The first-order chi connectivity index (χ1) is 10.0. The minimum atomic E-state index is -0.0550. The van der Waals surface area contributed by atoms with E-state index in [1.54, 1.807) is 4.90 Å². The number of likely N-dealkylation sites (tertiary alicyclic amines) is 1. The Labute approximate surface area is 128 Å². The highest BCUT2D eigenvalue weighted by Gasteiger charge is 2.28. The Kier molecular flexibility index (Phi) is 4.99. The second-order valence-electron chi connectivity index (χ2n) is 5.07. The monoisotopic (exact) mass is 305 g/mol. The number of amides is 2. The van der Waals surface area contributed by atoms with Gasteiger partial charge in [0, 0.05) is 26.1 Å². The largest absolute Gasteiger partial charge is 0.352 e. The summed E-state index contributed by atoms with van der Waals surface area (Å²) in [6, 6.07) is 1.93. The van der Waals surface area contributed by atoms with Crippen LogP contribution in [0.4, 0.5) is 0 Å². The van der Waals surface area contributed by atoms with Gasteiger partial charge < -0.3 is 16.0 Å². The lowest BCUT2D eigenvalue weighted by Gasteiger charge is -2.15. The van der Waals surface area contributed by atoms with E-state index in [2.05, 4.69) is 17.2 Å². The predicted octanol–water partition coefficient (Wildman–Crippen LogP) is 0.717. The second-order valence-corrected chi connectivity index (χ2v) is 6.12. The van der Waals surface area contributed by atoms with Gasteiger partial charge in [-0.05, 0) is 25.0 Å². The van der Waals surface area contributed by atoms with Crippen LogP contribution >= 0.6 is 11.3 Å². The summed E-state index contributed by atoms with van der Waals surface area (Å²) in [5.74, 6) is 5.76. The molecule has 21 heavy (non-hydrogen) atoms. The summed E-state index contributed by atoms with van der Waals surface area (Å²) in [4.78, 5) is 26.9. The number of aryl methyl sites for hydroxylation is 1. The Balaban J connectivity index is 2.06. The summed E-state index contributed by atoms with van der Waals surface area (Å²) in [5, 5.41) is 2.86. The van der Waals surface area contributed by atoms with Gasteiger partial charge in [-0.3, -0.25) is 9.59 Å². The fourth-order valence-corrected chi connectivity index (χ4v) is 3.36. The van der Waals surface area contributed by atoms with Crippen LogP contribution in [0, 0.1) is 18.8 Å². The number of nitrogens with zero attached hydrogens (tertiary/aromatic N) is 1. The van der Waals surface area contributed by atoms with E-state index in [0.717, 1.165) is 16.9 Å². The van der Waals surface area contributed by atoms with Gasteiger partial charge in [-0.1, -0.05) is 11.8 Å². The van der Waals surface area contributed by atoms with Gasteiger partial charge in [0.05, 0.1) is 16.3 Å². The summed E-state index contributed by atoms with van der Waals surface area (Å²) in [5.41, 5.74) is 6.37. The van der Waals surface area contributed by atoms with E-state index in [1.165, 1.54) is 18.3 Å². The Bertz CT molecular complexity index is 612. The van der Waals surface area contributed by atoms with Gasteiger partial charge in [-0.2, -0.15) is 0 Å². The number of carbonyl (C=O) groups is 2. The third-order valence-electron chi connectivity index (χ3n) is 3.32. The molecule has 0 aromatic carbocycles. The van der Waals surface area contributed by atoms with Crippen LogP contribution in [0.3, 0.4) is 0 Å². The van der Waals surface area contributed by atoms with Crippen LogP contribution in [0.1, 0.15) is 33.5 Å². The smallest absolute Gasteiger partial charge is 0.264 e. The molecular formula is C15H19N3O2S. The summed E-state index contributed by atoms with van der Waals surface area (Å²) in [6.45, 7) is 4.99. The normalized spacial score (nSPS) is 17.3. The molecule has 0 aliphatic carbocycles. The number of hydrogen-bond donors (Lipinski definition) is 2. The van der Waals surface area contributed by atoms with Crippen LogP contribution in [-0.2, 0) is 4.79 Å². The van der Waals surface area contributed by atoms with Crippen molar-refractivity contribution >= 4 is 23.2 Å². The van der Waals surface area contributed by atoms with E-state index >= 15 is 0 Å². The van der Waals surface area contributed by atoms with Gasteiger partial charge in [0.2, 0.25) is 5.91 Å². The topological polar surface area (TPSA) is 75.4 Å². The van der Waals surface area contributed by atoms with Gasteiger partial charge in [0.1, 0.15) is 0 Å². The summed E-state index contributed by atoms with van der Waals surface area (Å²) < 4.78 is 0. The highest BCUT2D eigenvalue weighted by Crippen LogP contribution is 2.24. The third-order valence-corrected chi connectivity index (χ3v) is 4.46. The zero-order valence-corrected chi connectivity index (χ0v) is 13.0. The molecule has 5 nitrogen and oxygen atoms in total. The molecule has 2 amide bonds. The van der Waals surface area contributed by atoms with E-state index in [0.29, 0.717) is 24.5 Å². The molecule has 1 aliphatic rings. The fraction of sp³-hybridized carbons (Fsp3) is 0.467. The fourth-order valence-electron chi connectivity index (χ4n) is 2.35. The average molecular weight is 305 g/mol. The molecule has 0 bridgehead atoms. The van der Waals surface area contributed by atoms with Gasteiger partial charge in [0.15, 0.2) is 0 Å². The van der Waals surface area contributed by atoms with Crippen LogP contribution in [-0.4, -0.2) is 42.4 Å². The van der Waals surface area contributed by atoms with Crippen molar-refractivity contribution in [2.45, 2.75) is 26.3 Å². The van der Waals surface area contributed by atoms with Crippen molar-refractivity contribution in [3.8, 4) is 11.8 Å². The van der Waals surface area contributed by atoms with E-state index in [1.807, 2.05) is 13.0 Å². The van der Waals surface area contributed by atoms with Gasteiger partial charge in [0.25, 0.3) is 5.91 Å². The molecule has 0 spiro atoms. The first kappa shape index (κ1) is 15.5. The lowest BCUT2D eigenvalue weighted by molar-refractivity contribution is -0.119. The molecule has 2 heterocycles. The van der Waals surface area contributed by atoms with Crippen molar-refractivity contribution in [2.75, 3.05) is 19.6 Å². The Morgan fingerprint density at radius 3 is 3.00 bits per heavy atom. The Morgan fingerprint density at radius 1 is 1.57 bits per heavy atom. The Morgan fingerprint density at radius 2 is 2.33 bits per heavy atom. The molecule has 1 saturated heterocycles.